The highest BCUT2D eigenvalue weighted by Crippen LogP contribution is 2.15. The quantitative estimate of drug-likeness (QED) is 0.732. The van der Waals surface area contributed by atoms with E-state index in [2.05, 4.69) is 22.5 Å². The van der Waals surface area contributed by atoms with Crippen LogP contribution < -0.4 is 10.6 Å². The normalized spacial score (nSPS) is 12.0. The number of hydrogen-bond donors (Lipinski definition) is 3. The maximum absolute atomic E-state index is 12.2. The molecule has 1 heterocycles. The smallest absolute Gasteiger partial charge is 0.263 e. The molecular weight excluding hydrogens is 288 g/mol. The molecule has 0 aromatic carbocycles. The van der Waals surface area contributed by atoms with Gasteiger partial charge in [-0.1, -0.05) is 11.8 Å². The van der Waals surface area contributed by atoms with E-state index in [0.717, 1.165) is 0 Å². The van der Waals surface area contributed by atoms with Crippen molar-refractivity contribution in [2.24, 2.45) is 0 Å². The SMILES string of the molecule is CC(NC(=O)c1sccc1C#CCO)C(=O)NC(C)(C)C. The number of carbonyl (C=O) groups is 2. The van der Waals surface area contributed by atoms with Gasteiger partial charge in [0.15, 0.2) is 0 Å². The van der Waals surface area contributed by atoms with E-state index in [0.29, 0.717) is 10.4 Å². The largest absolute Gasteiger partial charge is 0.384 e. The van der Waals surface area contributed by atoms with Gasteiger partial charge >= 0.3 is 0 Å². The molecule has 21 heavy (non-hydrogen) atoms. The number of nitrogens with one attached hydrogen (secondary N) is 2. The van der Waals surface area contributed by atoms with Crippen molar-refractivity contribution in [1.29, 1.82) is 0 Å². The van der Waals surface area contributed by atoms with Crippen LogP contribution >= 0.6 is 11.3 Å². The number of hydrogen-bond acceptors (Lipinski definition) is 4. The Morgan fingerprint density at radius 1 is 1.43 bits per heavy atom. The minimum absolute atomic E-state index is 0.240. The highest BCUT2D eigenvalue weighted by atomic mass is 32.1. The molecule has 0 bridgehead atoms. The van der Waals surface area contributed by atoms with Crippen molar-refractivity contribution >= 4 is 23.2 Å². The number of aliphatic hydroxyl groups excluding tert-OH is 1. The molecule has 1 rings (SSSR count). The summed E-state index contributed by atoms with van der Waals surface area (Å²) in [5, 5.41) is 15.9. The molecule has 3 N–H and O–H groups in total. The Labute approximate surface area is 128 Å². The van der Waals surface area contributed by atoms with Crippen LogP contribution in [0, 0.1) is 11.8 Å². The first-order valence-corrected chi connectivity index (χ1v) is 7.42. The molecular formula is C15H20N2O3S. The van der Waals surface area contributed by atoms with Crippen LogP contribution in [0.5, 0.6) is 0 Å². The Kier molecular flexibility index (Phi) is 5.94. The van der Waals surface area contributed by atoms with Crippen LogP contribution in [0.25, 0.3) is 0 Å². The average Bonchev–Trinajstić information content (AvgIpc) is 2.82. The Morgan fingerprint density at radius 2 is 2.10 bits per heavy atom. The first-order valence-electron chi connectivity index (χ1n) is 6.54. The summed E-state index contributed by atoms with van der Waals surface area (Å²) >= 11 is 1.25. The van der Waals surface area contributed by atoms with Crippen LogP contribution in [0.4, 0.5) is 0 Å². The summed E-state index contributed by atoms with van der Waals surface area (Å²) in [7, 11) is 0. The lowest BCUT2D eigenvalue weighted by Crippen LogP contribution is -2.50. The number of rotatable bonds is 3. The molecule has 6 heteroatoms. The Bertz CT molecular complexity index is 576. The summed E-state index contributed by atoms with van der Waals surface area (Å²) in [5.74, 6) is 4.64. The van der Waals surface area contributed by atoms with Crippen molar-refractivity contribution in [3.05, 3.63) is 21.9 Å². The van der Waals surface area contributed by atoms with Gasteiger partial charge < -0.3 is 15.7 Å². The zero-order chi connectivity index (χ0) is 16.0. The molecule has 114 valence electrons. The zero-order valence-electron chi connectivity index (χ0n) is 12.6. The Balaban J connectivity index is 2.73. The van der Waals surface area contributed by atoms with E-state index < -0.39 is 6.04 Å². The van der Waals surface area contributed by atoms with Gasteiger partial charge in [0.2, 0.25) is 5.91 Å². The summed E-state index contributed by atoms with van der Waals surface area (Å²) in [6.45, 7) is 7.00. The molecule has 0 aliphatic carbocycles. The van der Waals surface area contributed by atoms with Crippen LogP contribution in [0.15, 0.2) is 11.4 Å². The van der Waals surface area contributed by atoms with Gasteiger partial charge in [-0.15, -0.1) is 11.3 Å². The maximum atomic E-state index is 12.2. The van der Waals surface area contributed by atoms with Crippen LogP contribution in [0.2, 0.25) is 0 Å². The fourth-order valence-corrected chi connectivity index (χ4v) is 2.28. The van der Waals surface area contributed by atoms with Gasteiger partial charge in [0.25, 0.3) is 5.91 Å². The van der Waals surface area contributed by atoms with E-state index in [1.54, 1.807) is 18.4 Å². The number of amides is 2. The molecule has 1 aromatic heterocycles. The monoisotopic (exact) mass is 308 g/mol. The highest BCUT2D eigenvalue weighted by Gasteiger charge is 2.22. The molecule has 0 aliphatic heterocycles. The predicted octanol–water partition coefficient (Wildman–Crippen LogP) is 1.12. The van der Waals surface area contributed by atoms with Crippen LogP contribution in [0.3, 0.4) is 0 Å². The summed E-state index contributed by atoms with van der Waals surface area (Å²) < 4.78 is 0. The van der Waals surface area contributed by atoms with Crippen LogP contribution in [0.1, 0.15) is 42.9 Å². The van der Waals surface area contributed by atoms with E-state index in [1.165, 1.54) is 11.3 Å². The fourth-order valence-electron chi connectivity index (χ4n) is 1.52. The van der Waals surface area contributed by atoms with E-state index in [9.17, 15) is 9.59 Å². The molecule has 0 spiro atoms. The van der Waals surface area contributed by atoms with Gasteiger partial charge in [0, 0.05) is 11.1 Å². The molecule has 1 unspecified atom stereocenters. The van der Waals surface area contributed by atoms with Gasteiger partial charge in [-0.05, 0) is 39.1 Å². The topological polar surface area (TPSA) is 78.4 Å². The second-order valence-electron chi connectivity index (χ2n) is 5.56. The molecule has 0 radical (unpaired) electrons. The second-order valence-corrected chi connectivity index (χ2v) is 6.47. The minimum Gasteiger partial charge on any atom is -0.384 e. The first kappa shape index (κ1) is 17.2. The van der Waals surface area contributed by atoms with Crippen molar-refractivity contribution in [2.75, 3.05) is 6.61 Å². The second kappa shape index (κ2) is 7.25. The Morgan fingerprint density at radius 3 is 2.67 bits per heavy atom. The molecule has 0 fully saturated rings. The predicted molar refractivity (Wildman–Crippen MR) is 83.1 cm³/mol. The summed E-state index contributed by atoms with van der Waals surface area (Å²) in [6.07, 6.45) is 0. The van der Waals surface area contributed by atoms with Crippen molar-refractivity contribution in [1.82, 2.24) is 10.6 Å². The van der Waals surface area contributed by atoms with Crippen molar-refractivity contribution in [2.45, 2.75) is 39.3 Å². The van der Waals surface area contributed by atoms with Crippen LogP contribution in [-0.2, 0) is 4.79 Å². The van der Waals surface area contributed by atoms with E-state index in [-0.39, 0.29) is 24.0 Å². The molecule has 1 aromatic rings. The zero-order valence-corrected chi connectivity index (χ0v) is 13.4. The molecule has 0 aliphatic rings. The third kappa shape index (κ3) is 5.58. The lowest BCUT2D eigenvalue weighted by molar-refractivity contribution is -0.124. The van der Waals surface area contributed by atoms with Crippen molar-refractivity contribution in [3.8, 4) is 11.8 Å². The number of carbonyl (C=O) groups excluding carboxylic acids is 2. The lowest BCUT2D eigenvalue weighted by atomic mass is 10.1. The number of aliphatic hydroxyl groups is 1. The standard InChI is InChI=1S/C15H20N2O3S/c1-10(13(19)17-15(2,3)4)16-14(20)12-11(6-5-8-18)7-9-21-12/h7,9-10,18H,8H2,1-4H3,(H,16,20)(H,17,19). The van der Waals surface area contributed by atoms with Gasteiger partial charge in [0.1, 0.15) is 17.5 Å². The molecule has 0 saturated heterocycles. The maximum Gasteiger partial charge on any atom is 0.263 e. The average molecular weight is 308 g/mol. The molecule has 5 nitrogen and oxygen atoms in total. The number of thiophene rings is 1. The Hall–Kier alpha value is -1.84. The fraction of sp³-hybridized carbons (Fsp3) is 0.467. The summed E-state index contributed by atoms with van der Waals surface area (Å²) in [4.78, 5) is 24.5. The van der Waals surface area contributed by atoms with E-state index in [4.69, 9.17) is 5.11 Å². The molecule has 1 atom stereocenters. The first-order chi connectivity index (χ1) is 9.74. The highest BCUT2D eigenvalue weighted by molar-refractivity contribution is 7.12. The summed E-state index contributed by atoms with van der Waals surface area (Å²) in [5.41, 5.74) is 0.200. The molecule has 2 amide bonds. The van der Waals surface area contributed by atoms with Crippen molar-refractivity contribution in [3.63, 3.8) is 0 Å². The van der Waals surface area contributed by atoms with Gasteiger partial charge in [0.05, 0.1) is 0 Å². The van der Waals surface area contributed by atoms with E-state index >= 15 is 0 Å². The van der Waals surface area contributed by atoms with Crippen molar-refractivity contribution < 1.29 is 14.7 Å². The van der Waals surface area contributed by atoms with Crippen LogP contribution in [-0.4, -0.2) is 35.1 Å². The van der Waals surface area contributed by atoms with Gasteiger partial charge in [-0.25, -0.2) is 0 Å². The minimum atomic E-state index is -0.641. The molecule has 0 saturated carbocycles. The van der Waals surface area contributed by atoms with Gasteiger partial charge in [-0.3, -0.25) is 9.59 Å². The third-order valence-corrected chi connectivity index (χ3v) is 3.33. The summed E-state index contributed by atoms with van der Waals surface area (Å²) in [6, 6.07) is 1.07. The van der Waals surface area contributed by atoms with E-state index in [1.807, 2.05) is 20.8 Å². The van der Waals surface area contributed by atoms with Gasteiger partial charge in [-0.2, -0.15) is 0 Å². The lowest BCUT2D eigenvalue weighted by Gasteiger charge is -2.23. The third-order valence-electron chi connectivity index (χ3n) is 2.41.